The second-order valence-corrected chi connectivity index (χ2v) is 5.23. The van der Waals surface area contributed by atoms with E-state index in [0.29, 0.717) is 11.8 Å². The van der Waals surface area contributed by atoms with Crippen LogP contribution in [0.4, 0.5) is 0 Å². The van der Waals surface area contributed by atoms with Crippen LogP contribution in [0.5, 0.6) is 5.88 Å². The standard InChI is InChI=1S/C16H16ClN3O/c1-10-4-5-12(8-11(10)2)20-14(9-17)18-13-6-7-15(21-3)19-16(13)20/h4-8H,9H2,1-3H3. The number of aryl methyl sites for hydroxylation is 2. The molecular formula is C16H16ClN3O. The highest BCUT2D eigenvalue weighted by Crippen LogP contribution is 2.24. The molecule has 0 spiro atoms. The lowest BCUT2D eigenvalue weighted by atomic mass is 10.1. The summed E-state index contributed by atoms with van der Waals surface area (Å²) in [6, 6.07) is 9.97. The van der Waals surface area contributed by atoms with Crippen molar-refractivity contribution in [3.05, 3.63) is 47.3 Å². The molecule has 0 amide bonds. The number of hydrogen-bond donors (Lipinski definition) is 0. The van der Waals surface area contributed by atoms with Gasteiger partial charge in [0.15, 0.2) is 5.65 Å². The molecule has 0 atom stereocenters. The maximum Gasteiger partial charge on any atom is 0.215 e. The van der Waals surface area contributed by atoms with Crippen LogP contribution >= 0.6 is 11.6 Å². The molecule has 21 heavy (non-hydrogen) atoms. The SMILES string of the molecule is COc1ccc2nc(CCl)n(-c3ccc(C)c(C)c3)c2n1. The first-order valence-electron chi connectivity index (χ1n) is 6.70. The number of halogens is 1. The predicted octanol–water partition coefficient (Wildman–Crippen LogP) is 3.78. The summed E-state index contributed by atoms with van der Waals surface area (Å²) in [7, 11) is 1.60. The van der Waals surface area contributed by atoms with Crippen LogP contribution in [0.3, 0.4) is 0 Å². The van der Waals surface area contributed by atoms with E-state index in [2.05, 4.69) is 42.0 Å². The van der Waals surface area contributed by atoms with Crippen LogP contribution in [0.2, 0.25) is 0 Å². The molecule has 0 unspecified atom stereocenters. The number of imidazole rings is 1. The first-order valence-corrected chi connectivity index (χ1v) is 7.23. The number of ether oxygens (including phenoxy) is 1. The maximum atomic E-state index is 6.06. The monoisotopic (exact) mass is 301 g/mol. The van der Waals surface area contributed by atoms with Gasteiger partial charge in [-0.05, 0) is 43.2 Å². The third-order valence-electron chi connectivity index (χ3n) is 3.63. The zero-order valence-electron chi connectivity index (χ0n) is 12.2. The number of fused-ring (bicyclic) bond motifs is 1. The van der Waals surface area contributed by atoms with Crippen molar-refractivity contribution >= 4 is 22.8 Å². The Morgan fingerprint density at radius 2 is 1.90 bits per heavy atom. The van der Waals surface area contributed by atoms with Gasteiger partial charge in [-0.1, -0.05) is 6.07 Å². The molecule has 0 aliphatic carbocycles. The molecule has 0 fully saturated rings. The third kappa shape index (κ3) is 2.36. The van der Waals surface area contributed by atoms with E-state index in [1.807, 2.05) is 10.6 Å². The molecule has 2 aromatic heterocycles. The van der Waals surface area contributed by atoms with Gasteiger partial charge in [0.25, 0.3) is 0 Å². The minimum Gasteiger partial charge on any atom is -0.481 e. The van der Waals surface area contributed by atoms with Crippen molar-refractivity contribution in [1.82, 2.24) is 14.5 Å². The van der Waals surface area contributed by atoms with E-state index in [9.17, 15) is 0 Å². The Morgan fingerprint density at radius 1 is 1.10 bits per heavy atom. The van der Waals surface area contributed by atoms with Crippen molar-refractivity contribution in [3.63, 3.8) is 0 Å². The van der Waals surface area contributed by atoms with Crippen LogP contribution in [-0.2, 0) is 5.88 Å². The maximum absolute atomic E-state index is 6.06. The summed E-state index contributed by atoms with van der Waals surface area (Å²) in [6.45, 7) is 4.18. The molecule has 0 radical (unpaired) electrons. The van der Waals surface area contributed by atoms with Crippen LogP contribution in [0.25, 0.3) is 16.9 Å². The van der Waals surface area contributed by atoms with Crippen molar-refractivity contribution in [2.45, 2.75) is 19.7 Å². The second kappa shape index (κ2) is 5.37. The topological polar surface area (TPSA) is 39.9 Å². The number of pyridine rings is 1. The quantitative estimate of drug-likeness (QED) is 0.691. The number of benzene rings is 1. The molecule has 108 valence electrons. The van der Waals surface area contributed by atoms with E-state index in [-0.39, 0.29) is 0 Å². The summed E-state index contributed by atoms with van der Waals surface area (Å²) in [4.78, 5) is 9.06. The summed E-state index contributed by atoms with van der Waals surface area (Å²) in [5.41, 5.74) is 5.05. The number of hydrogen-bond acceptors (Lipinski definition) is 3. The first-order chi connectivity index (χ1) is 10.1. The van der Waals surface area contributed by atoms with E-state index in [0.717, 1.165) is 22.7 Å². The molecule has 0 bridgehead atoms. The minimum absolute atomic E-state index is 0.325. The van der Waals surface area contributed by atoms with Gasteiger partial charge in [0, 0.05) is 11.8 Å². The van der Waals surface area contributed by atoms with Crippen molar-refractivity contribution in [3.8, 4) is 11.6 Å². The summed E-state index contributed by atoms with van der Waals surface area (Å²) in [5, 5.41) is 0. The highest BCUT2D eigenvalue weighted by atomic mass is 35.5. The highest BCUT2D eigenvalue weighted by Gasteiger charge is 2.14. The lowest BCUT2D eigenvalue weighted by molar-refractivity contribution is 0.399. The molecule has 0 aliphatic heterocycles. The smallest absolute Gasteiger partial charge is 0.215 e. The molecule has 3 rings (SSSR count). The largest absolute Gasteiger partial charge is 0.481 e. The van der Waals surface area contributed by atoms with Gasteiger partial charge in [-0.3, -0.25) is 4.57 Å². The lowest BCUT2D eigenvalue weighted by Gasteiger charge is -2.10. The van der Waals surface area contributed by atoms with Crippen LogP contribution in [0.1, 0.15) is 17.0 Å². The normalized spacial score (nSPS) is 11.0. The molecule has 2 heterocycles. The van der Waals surface area contributed by atoms with Gasteiger partial charge in [-0.15, -0.1) is 11.6 Å². The fourth-order valence-corrected chi connectivity index (χ4v) is 2.51. The lowest BCUT2D eigenvalue weighted by Crippen LogP contribution is -2.01. The molecule has 1 aromatic carbocycles. The zero-order chi connectivity index (χ0) is 15.0. The number of rotatable bonds is 3. The van der Waals surface area contributed by atoms with Gasteiger partial charge < -0.3 is 4.74 Å². The van der Waals surface area contributed by atoms with Crippen LogP contribution < -0.4 is 4.74 Å². The van der Waals surface area contributed by atoms with Gasteiger partial charge in [-0.25, -0.2) is 4.98 Å². The fourth-order valence-electron chi connectivity index (χ4n) is 2.33. The molecule has 3 aromatic rings. The molecule has 0 saturated heterocycles. The Labute approximate surface area is 128 Å². The Kier molecular flexibility index (Phi) is 3.55. The molecule has 4 nitrogen and oxygen atoms in total. The number of methoxy groups -OCH3 is 1. The molecule has 5 heteroatoms. The zero-order valence-corrected chi connectivity index (χ0v) is 13.0. The van der Waals surface area contributed by atoms with Gasteiger partial charge in [0.1, 0.15) is 11.3 Å². The van der Waals surface area contributed by atoms with Crippen molar-refractivity contribution < 1.29 is 4.74 Å². The van der Waals surface area contributed by atoms with E-state index in [1.165, 1.54) is 11.1 Å². The number of aromatic nitrogens is 3. The highest BCUT2D eigenvalue weighted by molar-refractivity contribution is 6.16. The first kappa shape index (κ1) is 13.9. The molecule has 0 N–H and O–H groups in total. The second-order valence-electron chi connectivity index (χ2n) is 4.96. The molecule has 0 aliphatic rings. The van der Waals surface area contributed by atoms with E-state index in [1.54, 1.807) is 13.2 Å². The van der Waals surface area contributed by atoms with E-state index >= 15 is 0 Å². The average molecular weight is 302 g/mol. The Bertz CT molecular complexity index is 811. The minimum atomic E-state index is 0.325. The number of nitrogens with zero attached hydrogens (tertiary/aromatic N) is 3. The Morgan fingerprint density at radius 3 is 2.57 bits per heavy atom. The van der Waals surface area contributed by atoms with Crippen molar-refractivity contribution in [2.24, 2.45) is 0 Å². The van der Waals surface area contributed by atoms with Crippen molar-refractivity contribution in [1.29, 1.82) is 0 Å². The van der Waals surface area contributed by atoms with Gasteiger partial charge in [-0.2, -0.15) is 4.98 Å². The van der Waals surface area contributed by atoms with Gasteiger partial charge in [0.2, 0.25) is 5.88 Å². The van der Waals surface area contributed by atoms with E-state index in [4.69, 9.17) is 16.3 Å². The summed E-state index contributed by atoms with van der Waals surface area (Å²) in [6.07, 6.45) is 0. The summed E-state index contributed by atoms with van der Waals surface area (Å²) < 4.78 is 7.20. The summed E-state index contributed by atoms with van der Waals surface area (Å²) in [5.74, 6) is 1.66. The fraction of sp³-hybridized carbons (Fsp3) is 0.250. The summed E-state index contributed by atoms with van der Waals surface area (Å²) >= 11 is 6.06. The predicted molar refractivity (Wildman–Crippen MR) is 84.4 cm³/mol. The van der Waals surface area contributed by atoms with Gasteiger partial charge >= 0.3 is 0 Å². The van der Waals surface area contributed by atoms with Gasteiger partial charge in [0.05, 0.1) is 13.0 Å². The number of alkyl halides is 1. The average Bonchev–Trinajstić information content (AvgIpc) is 2.87. The third-order valence-corrected chi connectivity index (χ3v) is 3.86. The Hall–Kier alpha value is -2.07. The Balaban J connectivity index is 2.30. The van der Waals surface area contributed by atoms with Crippen LogP contribution in [0.15, 0.2) is 30.3 Å². The van der Waals surface area contributed by atoms with Crippen LogP contribution in [-0.4, -0.2) is 21.6 Å². The molecule has 0 saturated carbocycles. The molecular weight excluding hydrogens is 286 g/mol. The van der Waals surface area contributed by atoms with Crippen LogP contribution in [0, 0.1) is 13.8 Å². The van der Waals surface area contributed by atoms with E-state index < -0.39 is 0 Å². The van der Waals surface area contributed by atoms with Crippen molar-refractivity contribution in [2.75, 3.05) is 7.11 Å².